The summed E-state index contributed by atoms with van der Waals surface area (Å²) in [5.41, 5.74) is 1.05. The van der Waals surface area contributed by atoms with Crippen LogP contribution >= 0.6 is 0 Å². The number of methoxy groups -OCH3 is 1. The second-order valence-electron chi connectivity index (χ2n) is 3.01. The van der Waals surface area contributed by atoms with Gasteiger partial charge in [-0.1, -0.05) is 6.08 Å². The van der Waals surface area contributed by atoms with Crippen LogP contribution in [0.1, 0.15) is 5.56 Å². The Labute approximate surface area is 82.9 Å². The van der Waals surface area contributed by atoms with Gasteiger partial charge in [0.1, 0.15) is 5.75 Å². The molecule has 3 nitrogen and oxygen atoms in total. The van der Waals surface area contributed by atoms with Gasteiger partial charge >= 0.3 is 0 Å². The van der Waals surface area contributed by atoms with Crippen LogP contribution in [-0.2, 0) is 6.42 Å². The topological polar surface area (TPSA) is 27.7 Å². The van der Waals surface area contributed by atoms with Crippen molar-refractivity contribution in [2.45, 2.75) is 6.42 Å². The number of rotatable bonds is 3. The molecule has 0 unspecified atom stereocenters. The lowest BCUT2D eigenvalue weighted by atomic mass is 10.1. The van der Waals surface area contributed by atoms with Gasteiger partial charge in [0, 0.05) is 11.6 Å². The van der Waals surface area contributed by atoms with Crippen LogP contribution in [0.4, 0.5) is 0 Å². The Morgan fingerprint density at radius 1 is 1.50 bits per heavy atom. The quantitative estimate of drug-likeness (QED) is 0.687. The molecular formula is C11H12O3. The van der Waals surface area contributed by atoms with Gasteiger partial charge in [-0.2, -0.15) is 0 Å². The molecule has 0 saturated heterocycles. The molecule has 3 heteroatoms. The minimum atomic E-state index is 0.284. The monoisotopic (exact) mass is 192 g/mol. The fourth-order valence-corrected chi connectivity index (χ4v) is 1.48. The van der Waals surface area contributed by atoms with Crippen molar-refractivity contribution >= 4 is 0 Å². The van der Waals surface area contributed by atoms with E-state index in [0.29, 0.717) is 0 Å². The lowest BCUT2D eigenvalue weighted by Crippen LogP contribution is -1.94. The highest BCUT2D eigenvalue weighted by molar-refractivity contribution is 5.53. The minimum Gasteiger partial charge on any atom is -0.497 e. The highest BCUT2D eigenvalue weighted by Gasteiger charge is 2.18. The number of ether oxygens (including phenoxy) is 3. The van der Waals surface area contributed by atoms with Crippen molar-refractivity contribution in [1.29, 1.82) is 0 Å². The number of hydrogen-bond acceptors (Lipinski definition) is 3. The van der Waals surface area contributed by atoms with Crippen molar-refractivity contribution in [3.63, 3.8) is 0 Å². The van der Waals surface area contributed by atoms with E-state index in [4.69, 9.17) is 14.2 Å². The van der Waals surface area contributed by atoms with Crippen LogP contribution in [0.3, 0.4) is 0 Å². The zero-order valence-electron chi connectivity index (χ0n) is 8.08. The first-order valence-electron chi connectivity index (χ1n) is 4.42. The van der Waals surface area contributed by atoms with Gasteiger partial charge in [-0.25, -0.2) is 0 Å². The Hall–Kier alpha value is -1.64. The molecule has 0 saturated carbocycles. The Balaban J connectivity index is 2.45. The average molecular weight is 192 g/mol. The van der Waals surface area contributed by atoms with Crippen LogP contribution in [0.25, 0.3) is 0 Å². The van der Waals surface area contributed by atoms with E-state index in [9.17, 15) is 0 Å². The fraction of sp³-hybridized carbons (Fsp3) is 0.273. The maximum Gasteiger partial charge on any atom is 0.231 e. The predicted octanol–water partition coefficient (Wildman–Crippen LogP) is 2.15. The maximum absolute atomic E-state index is 5.36. The molecular weight excluding hydrogens is 180 g/mol. The largest absolute Gasteiger partial charge is 0.497 e. The normalized spacial score (nSPS) is 12.6. The molecule has 0 atom stereocenters. The van der Waals surface area contributed by atoms with Crippen LogP contribution < -0.4 is 14.2 Å². The number of benzene rings is 1. The van der Waals surface area contributed by atoms with Gasteiger partial charge < -0.3 is 14.2 Å². The number of allylic oxidation sites excluding steroid dienone is 1. The summed E-state index contributed by atoms with van der Waals surface area (Å²) in [7, 11) is 1.63. The smallest absolute Gasteiger partial charge is 0.231 e. The van der Waals surface area contributed by atoms with E-state index in [-0.39, 0.29) is 6.79 Å². The summed E-state index contributed by atoms with van der Waals surface area (Å²) in [6.07, 6.45) is 2.58. The predicted molar refractivity (Wildman–Crippen MR) is 53.0 cm³/mol. The second kappa shape index (κ2) is 3.62. The van der Waals surface area contributed by atoms with Crippen LogP contribution in [0, 0.1) is 0 Å². The summed E-state index contributed by atoms with van der Waals surface area (Å²) in [4.78, 5) is 0. The van der Waals surface area contributed by atoms with Crippen molar-refractivity contribution in [2.24, 2.45) is 0 Å². The second-order valence-corrected chi connectivity index (χ2v) is 3.01. The van der Waals surface area contributed by atoms with Crippen molar-refractivity contribution in [1.82, 2.24) is 0 Å². The van der Waals surface area contributed by atoms with E-state index < -0.39 is 0 Å². The van der Waals surface area contributed by atoms with E-state index >= 15 is 0 Å². The zero-order chi connectivity index (χ0) is 9.97. The molecule has 0 bridgehead atoms. The molecule has 1 aromatic rings. The molecule has 2 rings (SSSR count). The third kappa shape index (κ3) is 1.41. The van der Waals surface area contributed by atoms with Gasteiger partial charge in [0.25, 0.3) is 0 Å². The average Bonchev–Trinajstić information content (AvgIpc) is 2.66. The first-order chi connectivity index (χ1) is 6.85. The van der Waals surface area contributed by atoms with Gasteiger partial charge in [-0.05, 0) is 12.5 Å². The molecule has 1 heterocycles. The summed E-state index contributed by atoms with van der Waals surface area (Å²) in [5, 5.41) is 0. The molecule has 1 aliphatic heterocycles. The molecule has 1 aliphatic rings. The summed E-state index contributed by atoms with van der Waals surface area (Å²) >= 11 is 0. The Morgan fingerprint density at radius 3 is 3.07 bits per heavy atom. The van der Waals surface area contributed by atoms with E-state index in [1.54, 1.807) is 7.11 Å². The van der Waals surface area contributed by atoms with E-state index in [1.807, 2.05) is 18.2 Å². The molecule has 0 aliphatic carbocycles. The molecule has 0 radical (unpaired) electrons. The van der Waals surface area contributed by atoms with Crippen molar-refractivity contribution in [3.8, 4) is 17.2 Å². The van der Waals surface area contributed by atoms with E-state index in [2.05, 4.69) is 6.58 Å². The Bertz CT molecular complexity index is 358. The Kier molecular flexibility index (Phi) is 2.31. The fourth-order valence-electron chi connectivity index (χ4n) is 1.48. The third-order valence-electron chi connectivity index (χ3n) is 2.12. The van der Waals surface area contributed by atoms with Crippen LogP contribution in [0.15, 0.2) is 24.8 Å². The van der Waals surface area contributed by atoms with Gasteiger partial charge in [-0.3, -0.25) is 0 Å². The molecule has 0 N–H and O–H groups in total. The van der Waals surface area contributed by atoms with Crippen molar-refractivity contribution in [3.05, 3.63) is 30.4 Å². The summed E-state index contributed by atoms with van der Waals surface area (Å²) in [6, 6.07) is 3.77. The number of hydrogen-bond donors (Lipinski definition) is 0. The molecule has 74 valence electrons. The van der Waals surface area contributed by atoms with Gasteiger partial charge in [0.05, 0.1) is 7.11 Å². The van der Waals surface area contributed by atoms with E-state index in [0.717, 1.165) is 29.2 Å². The first kappa shape index (κ1) is 8.94. The maximum atomic E-state index is 5.36. The SMILES string of the molecule is C=CCc1cc(OC)cc2c1OCO2. The Morgan fingerprint density at radius 2 is 2.36 bits per heavy atom. The van der Waals surface area contributed by atoms with Crippen molar-refractivity contribution in [2.75, 3.05) is 13.9 Å². The zero-order valence-corrected chi connectivity index (χ0v) is 8.08. The minimum absolute atomic E-state index is 0.284. The van der Waals surface area contributed by atoms with Gasteiger partial charge in [0.15, 0.2) is 11.5 Å². The van der Waals surface area contributed by atoms with Gasteiger partial charge in [-0.15, -0.1) is 6.58 Å². The molecule has 0 spiro atoms. The number of fused-ring (bicyclic) bond motifs is 1. The lowest BCUT2D eigenvalue weighted by molar-refractivity contribution is 0.173. The molecule has 14 heavy (non-hydrogen) atoms. The summed E-state index contributed by atoms with van der Waals surface area (Å²) in [6.45, 7) is 3.98. The lowest BCUT2D eigenvalue weighted by Gasteiger charge is -2.06. The third-order valence-corrected chi connectivity index (χ3v) is 2.12. The highest BCUT2D eigenvalue weighted by atomic mass is 16.7. The molecule has 0 aromatic heterocycles. The molecule has 1 aromatic carbocycles. The van der Waals surface area contributed by atoms with E-state index in [1.165, 1.54) is 0 Å². The summed E-state index contributed by atoms with van der Waals surface area (Å²) in [5.74, 6) is 2.35. The van der Waals surface area contributed by atoms with Gasteiger partial charge in [0.2, 0.25) is 6.79 Å². The van der Waals surface area contributed by atoms with Crippen LogP contribution in [-0.4, -0.2) is 13.9 Å². The molecule has 0 fully saturated rings. The highest BCUT2D eigenvalue weighted by Crippen LogP contribution is 2.39. The van der Waals surface area contributed by atoms with Crippen LogP contribution in [0.2, 0.25) is 0 Å². The first-order valence-corrected chi connectivity index (χ1v) is 4.42. The molecule has 0 amide bonds. The summed E-state index contributed by atoms with van der Waals surface area (Å²) < 4.78 is 15.8. The van der Waals surface area contributed by atoms with Crippen LogP contribution in [0.5, 0.6) is 17.2 Å². The standard InChI is InChI=1S/C11H12O3/c1-3-4-8-5-9(12-2)6-10-11(8)14-7-13-10/h3,5-6H,1,4,7H2,2H3. The van der Waals surface area contributed by atoms with Crippen molar-refractivity contribution < 1.29 is 14.2 Å².